The lowest BCUT2D eigenvalue weighted by Crippen LogP contribution is -2.11. The number of nitrogens with zero attached hydrogens (tertiary/aromatic N) is 2. The largest absolute Gasteiger partial charge is 0.353 e. The molecule has 1 N–H and O–H groups in total. The van der Waals surface area contributed by atoms with Gasteiger partial charge in [0.1, 0.15) is 11.6 Å². The van der Waals surface area contributed by atoms with Crippen LogP contribution >= 0.6 is 0 Å². The minimum atomic E-state index is -0.238. The third-order valence-electron chi connectivity index (χ3n) is 3.30. The van der Waals surface area contributed by atoms with E-state index in [1.165, 1.54) is 0 Å². The van der Waals surface area contributed by atoms with Crippen LogP contribution in [-0.4, -0.2) is 9.97 Å². The van der Waals surface area contributed by atoms with E-state index in [1.807, 2.05) is 37.3 Å². The zero-order valence-electron chi connectivity index (χ0n) is 10.8. The summed E-state index contributed by atoms with van der Waals surface area (Å²) in [6.07, 6.45) is 3.28. The van der Waals surface area contributed by atoms with Gasteiger partial charge in [0.05, 0.1) is 11.2 Å². The fourth-order valence-electron chi connectivity index (χ4n) is 2.34. The summed E-state index contributed by atoms with van der Waals surface area (Å²) in [7, 11) is 0. The summed E-state index contributed by atoms with van der Waals surface area (Å²) in [4.78, 5) is 19.7. The van der Waals surface area contributed by atoms with E-state index in [0.29, 0.717) is 11.1 Å². The first kappa shape index (κ1) is 12.1. The molecule has 4 heteroatoms. The molecule has 0 unspecified atom stereocenters. The third kappa shape index (κ3) is 1.77. The Kier molecular flexibility index (Phi) is 2.81. The molecule has 0 fully saturated rings. The van der Waals surface area contributed by atoms with Crippen LogP contribution in [0.25, 0.3) is 22.2 Å². The summed E-state index contributed by atoms with van der Waals surface area (Å²) >= 11 is 0. The second-order valence-corrected chi connectivity index (χ2v) is 4.56. The van der Waals surface area contributed by atoms with E-state index < -0.39 is 0 Å². The topological polar surface area (TPSA) is 69.5 Å². The highest BCUT2D eigenvalue weighted by molar-refractivity contribution is 5.86. The molecule has 20 heavy (non-hydrogen) atoms. The van der Waals surface area contributed by atoms with Gasteiger partial charge in [-0.1, -0.05) is 12.1 Å². The Morgan fingerprint density at radius 3 is 2.80 bits per heavy atom. The predicted molar refractivity (Wildman–Crippen MR) is 77.3 cm³/mol. The molecule has 96 valence electrons. The molecule has 0 atom stereocenters. The first-order valence-corrected chi connectivity index (χ1v) is 6.18. The Hall–Kier alpha value is -2.93. The second kappa shape index (κ2) is 4.63. The van der Waals surface area contributed by atoms with Gasteiger partial charge in [0.15, 0.2) is 0 Å². The zero-order valence-corrected chi connectivity index (χ0v) is 10.8. The van der Waals surface area contributed by atoms with Crippen LogP contribution in [0.3, 0.4) is 0 Å². The van der Waals surface area contributed by atoms with Crippen molar-refractivity contribution in [2.75, 3.05) is 0 Å². The monoisotopic (exact) mass is 261 g/mol. The summed E-state index contributed by atoms with van der Waals surface area (Å²) in [5.74, 6) is 0. The van der Waals surface area contributed by atoms with Crippen molar-refractivity contribution in [3.05, 3.63) is 64.1 Å². The molecule has 2 heterocycles. The van der Waals surface area contributed by atoms with Crippen LogP contribution in [-0.2, 0) is 0 Å². The number of hydrogen-bond acceptors (Lipinski definition) is 3. The Labute approximate surface area is 115 Å². The second-order valence-electron chi connectivity index (χ2n) is 4.56. The summed E-state index contributed by atoms with van der Waals surface area (Å²) < 4.78 is 0. The van der Waals surface area contributed by atoms with E-state index in [4.69, 9.17) is 0 Å². The average molecular weight is 261 g/mol. The summed E-state index contributed by atoms with van der Waals surface area (Å²) in [6.45, 7) is 1.86. The standard InChI is InChI=1S/C16H11N3O/c1-10-4-2-6-13-14(10)16(20)12(8-17)15(19-13)11-5-3-7-18-9-11/h2-7,9H,1H3,(H,19,20). The number of H-pyrrole nitrogens is 1. The van der Waals surface area contributed by atoms with Crippen LogP contribution in [0.4, 0.5) is 0 Å². The first-order valence-electron chi connectivity index (χ1n) is 6.18. The number of benzene rings is 1. The molecule has 4 nitrogen and oxygen atoms in total. The molecule has 2 aromatic heterocycles. The highest BCUT2D eigenvalue weighted by atomic mass is 16.1. The number of nitriles is 1. The third-order valence-corrected chi connectivity index (χ3v) is 3.30. The van der Waals surface area contributed by atoms with Crippen LogP contribution in [0.2, 0.25) is 0 Å². The van der Waals surface area contributed by atoms with E-state index in [2.05, 4.69) is 9.97 Å². The SMILES string of the molecule is Cc1cccc2[nH]c(-c3cccnc3)c(C#N)c(=O)c12. The van der Waals surface area contributed by atoms with Crippen molar-refractivity contribution in [1.29, 1.82) is 5.26 Å². The van der Waals surface area contributed by atoms with Crippen molar-refractivity contribution in [3.63, 3.8) is 0 Å². The van der Waals surface area contributed by atoms with Gasteiger partial charge in [-0.15, -0.1) is 0 Å². The number of aromatic nitrogens is 2. The number of rotatable bonds is 1. The smallest absolute Gasteiger partial charge is 0.208 e. The van der Waals surface area contributed by atoms with Gasteiger partial charge in [-0.3, -0.25) is 9.78 Å². The van der Waals surface area contributed by atoms with E-state index in [9.17, 15) is 10.1 Å². The number of aromatic amines is 1. The van der Waals surface area contributed by atoms with E-state index >= 15 is 0 Å². The lowest BCUT2D eigenvalue weighted by Gasteiger charge is -2.08. The molecule has 0 saturated carbocycles. The van der Waals surface area contributed by atoms with Gasteiger partial charge >= 0.3 is 0 Å². The van der Waals surface area contributed by atoms with Gasteiger partial charge in [0, 0.05) is 23.3 Å². The fourth-order valence-corrected chi connectivity index (χ4v) is 2.34. The summed E-state index contributed by atoms with van der Waals surface area (Å²) in [5.41, 5.74) is 2.72. The molecule has 3 aromatic rings. The number of nitrogens with one attached hydrogen (secondary N) is 1. The molecule has 0 aliphatic rings. The van der Waals surface area contributed by atoms with Crippen molar-refractivity contribution in [3.8, 4) is 17.3 Å². The molecule has 3 rings (SSSR count). The Bertz CT molecular complexity index is 889. The zero-order chi connectivity index (χ0) is 14.1. The minimum Gasteiger partial charge on any atom is -0.353 e. The average Bonchev–Trinajstić information content (AvgIpc) is 2.48. The molecule has 0 spiro atoms. The van der Waals surface area contributed by atoms with Crippen molar-refractivity contribution >= 4 is 10.9 Å². The lowest BCUT2D eigenvalue weighted by molar-refractivity contribution is 1.28. The van der Waals surface area contributed by atoms with Gasteiger partial charge in [-0.05, 0) is 30.7 Å². The fraction of sp³-hybridized carbons (Fsp3) is 0.0625. The molecule has 0 bridgehead atoms. The highest BCUT2D eigenvalue weighted by Gasteiger charge is 2.14. The van der Waals surface area contributed by atoms with Gasteiger partial charge in [-0.2, -0.15) is 5.26 Å². The first-order chi connectivity index (χ1) is 9.72. The van der Waals surface area contributed by atoms with E-state index in [0.717, 1.165) is 16.6 Å². The molecule has 0 aliphatic carbocycles. The van der Waals surface area contributed by atoms with Crippen LogP contribution in [0, 0.1) is 18.3 Å². The number of pyridine rings is 2. The Morgan fingerprint density at radius 1 is 1.25 bits per heavy atom. The number of fused-ring (bicyclic) bond motifs is 1. The van der Waals surface area contributed by atoms with Gasteiger partial charge in [0.2, 0.25) is 5.43 Å². The van der Waals surface area contributed by atoms with Crippen molar-refractivity contribution < 1.29 is 0 Å². The summed E-state index contributed by atoms with van der Waals surface area (Å²) in [5, 5.41) is 9.89. The Balaban J connectivity index is 2.47. The quantitative estimate of drug-likeness (QED) is 0.732. The van der Waals surface area contributed by atoms with Crippen molar-refractivity contribution in [1.82, 2.24) is 9.97 Å². The molecule has 0 aliphatic heterocycles. The van der Waals surface area contributed by atoms with Crippen LogP contribution in [0.15, 0.2) is 47.5 Å². The Morgan fingerprint density at radius 2 is 2.10 bits per heavy atom. The highest BCUT2D eigenvalue weighted by Crippen LogP contribution is 2.22. The minimum absolute atomic E-state index is 0.125. The maximum Gasteiger partial charge on any atom is 0.208 e. The molecule has 0 radical (unpaired) electrons. The summed E-state index contributed by atoms with van der Waals surface area (Å²) in [6, 6.07) is 11.2. The predicted octanol–water partition coefficient (Wildman–Crippen LogP) is 2.77. The van der Waals surface area contributed by atoms with Crippen molar-refractivity contribution in [2.24, 2.45) is 0 Å². The number of hydrogen-bond donors (Lipinski definition) is 1. The normalized spacial score (nSPS) is 10.4. The van der Waals surface area contributed by atoms with Crippen LogP contribution in [0.5, 0.6) is 0 Å². The van der Waals surface area contributed by atoms with Gasteiger partial charge < -0.3 is 4.98 Å². The molecular formula is C16H11N3O. The van der Waals surface area contributed by atoms with Crippen molar-refractivity contribution in [2.45, 2.75) is 6.92 Å². The molecule has 1 aromatic carbocycles. The molecule has 0 amide bonds. The van der Waals surface area contributed by atoms with Crippen LogP contribution in [0.1, 0.15) is 11.1 Å². The van der Waals surface area contributed by atoms with E-state index in [-0.39, 0.29) is 11.0 Å². The maximum atomic E-state index is 12.5. The lowest BCUT2D eigenvalue weighted by atomic mass is 10.0. The molecular weight excluding hydrogens is 250 g/mol. The van der Waals surface area contributed by atoms with Gasteiger partial charge in [0.25, 0.3) is 0 Å². The van der Waals surface area contributed by atoms with Gasteiger partial charge in [-0.25, -0.2) is 0 Å². The molecule has 0 saturated heterocycles. The maximum absolute atomic E-state index is 12.5. The number of aryl methyl sites for hydroxylation is 1. The van der Waals surface area contributed by atoms with E-state index in [1.54, 1.807) is 18.5 Å². The van der Waals surface area contributed by atoms with Crippen LogP contribution < -0.4 is 5.43 Å².